The van der Waals surface area contributed by atoms with Gasteiger partial charge in [-0.2, -0.15) is 0 Å². The van der Waals surface area contributed by atoms with Crippen molar-refractivity contribution < 1.29 is 28.6 Å². The Balaban J connectivity index is 1.36. The molecule has 0 aliphatic heterocycles. The number of aromatic hydroxyl groups is 1. The lowest BCUT2D eigenvalue weighted by Crippen LogP contribution is -2.42. The molecule has 1 amide bonds. The van der Waals surface area contributed by atoms with Gasteiger partial charge in [-0.25, -0.2) is 9.59 Å². The summed E-state index contributed by atoms with van der Waals surface area (Å²) in [5.74, 6) is -1.62. The molecule has 0 saturated carbocycles. The molecule has 0 spiro atoms. The average Bonchev–Trinajstić information content (AvgIpc) is 3.46. The molecule has 0 bridgehead atoms. The highest BCUT2D eigenvalue weighted by molar-refractivity contribution is 5.97. The van der Waals surface area contributed by atoms with E-state index in [9.17, 15) is 24.6 Å². The zero-order chi connectivity index (χ0) is 28.1. The van der Waals surface area contributed by atoms with Gasteiger partial charge in [0.2, 0.25) is 5.91 Å². The molecule has 5 rings (SSSR count). The molecule has 9 nitrogen and oxygen atoms in total. The Morgan fingerprint density at radius 3 is 2.56 bits per heavy atom. The van der Waals surface area contributed by atoms with Crippen molar-refractivity contribution in [2.75, 3.05) is 0 Å². The van der Waals surface area contributed by atoms with E-state index in [4.69, 9.17) is 8.83 Å². The normalized spacial score (nSPS) is 12.8. The molecule has 0 fully saturated rings. The second-order valence-corrected chi connectivity index (χ2v) is 10.9. The van der Waals surface area contributed by atoms with Gasteiger partial charge in [-0.15, -0.1) is 0 Å². The fraction of sp³-hybridized carbons (Fsp3) is 0.300. The maximum absolute atomic E-state index is 12.8. The average molecular weight is 531 g/mol. The number of amides is 1. The molecule has 1 unspecified atom stereocenters. The molecular weight excluding hydrogens is 500 g/mol. The van der Waals surface area contributed by atoms with Crippen LogP contribution in [0.1, 0.15) is 49.4 Å². The highest BCUT2D eigenvalue weighted by atomic mass is 16.4. The summed E-state index contributed by atoms with van der Waals surface area (Å²) in [4.78, 5) is 40.6. The quantitative estimate of drug-likeness (QED) is 0.215. The van der Waals surface area contributed by atoms with Crippen molar-refractivity contribution >= 4 is 44.7 Å². The molecule has 9 heteroatoms. The molecule has 2 aromatic carbocycles. The zero-order valence-electron chi connectivity index (χ0n) is 22.2. The molecule has 0 radical (unpaired) electrons. The van der Waals surface area contributed by atoms with Crippen molar-refractivity contribution in [3.8, 4) is 5.75 Å². The van der Waals surface area contributed by atoms with Gasteiger partial charge in [-0.05, 0) is 54.2 Å². The van der Waals surface area contributed by atoms with Crippen LogP contribution >= 0.6 is 0 Å². The molecule has 202 valence electrons. The number of rotatable bonds is 7. The minimum Gasteiger partial charge on any atom is -0.508 e. The number of H-pyrrole nitrogens is 1. The van der Waals surface area contributed by atoms with E-state index < -0.39 is 23.5 Å². The van der Waals surface area contributed by atoms with E-state index in [0.29, 0.717) is 33.2 Å². The number of nitrogens with one attached hydrogen (secondary N) is 2. The zero-order valence-corrected chi connectivity index (χ0v) is 22.2. The minimum atomic E-state index is -1.18. The number of carboxylic acids is 1. The molecule has 0 aliphatic carbocycles. The summed E-state index contributed by atoms with van der Waals surface area (Å²) in [6, 6.07) is 7.26. The fourth-order valence-corrected chi connectivity index (χ4v) is 5.04. The van der Waals surface area contributed by atoms with Gasteiger partial charge in [-0.1, -0.05) is 20.8 Å². The van der Waals surface area contributed by atoms with Gasteiger partial charge in [-0.3, -0.25) is 4.79 Å². The van der Waals surface area contributed by atoms with Gasteiger partial charge >= 0.3 is 11.6 Å². The number of hydrogen-bond acceptors (Lipinski definition) is 6. The van der Waals surface area contributed by atoms with Gasteiger partial charge in [0.15, 0.2) is 0 Å². The van der Waals surface area contributed by atoms with E-state index in [1.54, 1.807) is 30.7 Å². The topological polar surface area (TPSA) is 146 Å². The largest absolute Gasteiger partial charge is 0.508 e. The monoisotopic (exact) mass is 530 g/mol. The number of aromatic amines is 1. The van der Waals surface area contributed by atoms with Crippen LogP contribution in [0.3, 0.4) is 0 Å². The number of fused-ring (bicyclic) bond motifs is 3. The Bertz CT molecular complexity index is 1800. The number of carbonyl (C=O) groups excluding carboxylic acids is 1. The number of aryl methyl sites for hydroxylation is 1. The maximum Gasteiger partial charge on any atom is 0.339 e. The predicted octanol–water partition coefficient (Wildman–Crippen LogP) is 5.08. The number of carboxylic acid groups (broad SMARTS) is 1. The van der Waals surface area contributed by atoms with Gasteiger partial charge in [0, 0.05) is 57.9 Å². The first-order chi connectivity index (χ1) is 18.4. The Hall–Kier alpha value is -4.53. The van der Waals surface area contributed by atoms with Crippen molar-refractivity contribution in [1.29, 1.82) is 0 Å². The molecule has 3 heterocycles. The summed E-state index contributed by atoms with van der Waals surface area (Å²) >= 11 is 0. The lowest BCUT2D eigenvalue weighted by Gasteiger charge is -2.17. The van der Waals surface area contributed by atoms with Crippen LogP contribution in [0, 0.1) is 6.92 Å². The van der Waals surface area contributed by atoms with Gasteiger partial charge in [0.25, 0.3) is 0 Å². The molecule has 4 N–H and O–H groups in total. The van der Waals surface area contributed by atoms with E-state index in [1.165, 1.54) is 6.07 Å². The lowest BCUT2D eigenvalue weighted by atomic mass is 9.86. The van der Waals surface area contributed by atoms with Crippen molar-refractivity contribution in [3.63, 3.8) is 0 Å². The number of carbonyl (C=O) groups is 2. The summed E-state index contributed by atoms with van der Waals surface area (Å²) < 4.78 is 11.3. The van der Waals surface area contributed by atoms with Crippen LogP contribution in [0.5, 0.6) is 5.75 Å². The van der Waals surface area contributed by atoms with Gasteiger partial charge in [0.1, 0.15) is 23.0 Å². The van der Waals surface area contributed by atoms with E-state index in [0.717, 1.165) is 21.9 Å². The summed E-state index contributed by atoms with van der Waals surface area (Å²) in [6.45, 7) is 8.10. The first-order valence-corrected chi connectivity index (χ1v) is 12.7. The molecular formula is C30H30N2O7. The Labute approximate surface area is 223 Å². The first-order valence-electron chi connectivity index (χ1n) is 12.7. The summed E-state index contributed by atoms with van der Waals surface area (Å²) in [5.41, 5.74) is 3.88. The van der Waals surface area contributed by atoms with Crippen molar-refractivity contribution in [3.05, 3.63) is 75.5 Å². The molecule has 0 saturated heterocycles. The van der Waals surface area contributed by atoms with Crippen molar-refractivity contribution in [2.24, 2.45) is 0 Å². The Morgan fingerprint density at radius 2 is 1.85 bits per heavy atom. The number of hydrogen-bond donors (Lipinski definition) is 4. The highest BCUT2D eigenvalue weighted by Crippen LogP contribution is 2.35. The Kier molecular flexibility index (Phi) is 6.46. The van der Waals surface area contributed by atoms with E-state index >= 15 is 0 Å². The van der Waals surface area contributed by atoms with Crippen molar-refractivity contribution in [1.82, 2.24) is 10.3 Å². The Morgan fingerprint density at radius 1 is 1.08 bits per heavy atom. The molecule has 3 aromatic heterocycles. The van der Waals surface area contributed by atoms with E-state index in [1.807, 2.05) is 13.0 Å². The second kappa shape index (κ2) is 9.65. The minimum absolute atomic E-state index is 0.0263. The number of phenols is 1. The third-order valence-corrected chi connectivity index (χ3v) is 7.20. The number of aliphatic carboxylic acids is 1. The summed E-state index contributed by atoms with van der Waals surface area (Å²) in [6.07, 6.45) is 3.42. The number of phenolic OH excluding ortho intramolecular Hbond substituents is 1. The second-order valence-electron chi connectivity index (χ2n) is 10.9. The third-order valence-electron chi connectivity index (χ3n) is 7.20. The van der Waals surface area contributed by atoms with E-state index in [2.05, 4.69) is 31.1 Å². The van der Waals surface area contributed by atoms with Crippen LogP contribution in [-0.4, -0.2) is 33.1 Å². The fourth-order valence-electron chi connectivity index (χ4n) is 5.04. The van der Waals surface area contributed by atoms with Crippen LogP contribution < -0.4 is 10.9 Å². The molecule has 39 heavy (non-hydrogen) atoms. The lowest BCUT2D eigenvalue weighted by molar-refractivity contribution is -0.141. The molecule has 1 atom stereocenters. The van der Waals surface area contributed by atoms with Crippen LogP contribution in [-0.2, 0) is 27.8 Å². The van der Waals surface area contributed by atoms with Crippen LogP contribution in [0.4, 0.5) is 0 Å². The first kappa shape index (κ1) is 26.1. The number of aromatic nitrogens is 1. The van der Waals surface area contributed by atoms with Crippen molar-refractivity contribution in [2.45, 2.75) is 58.4 Å². The predicted molar refractivity (Wildman–Crippen MR) is 147 cm³/mol. The van der Waals surface area contributed by atoms with Crippen LogP contribution in [0.25, 0.3) is 32.8 Å². The third kappa shape index (κ3) is 4.99. The number of furan rings is 1. The molecule has 0 aliphatic rings. The maximum atomic E-state index is 12.8. The smallest absolute Gasteiger partial charge is 0.339 e. The highest BCUT2D eigenvalue weighted by Gasteiger charge is 2.24. The SMILES string of the molecule is Cc1c(CCC(=O)NC(Cc2c[nH]c3ccc(O)cc23)C(=O)O)c(=O)oc2cc3occ(C(C)(C)C)c3cc12. The van der Waals surface area contributed by atoms with Crippen LogP contribution in [0.15, 0.2) is 56.4 Å². The van der Waals surface area contributed by atoms with Crippen LogP contribution in [0.2, 0.25) is 0 Å². The standard InChI is InChI=1S/C30H30N2O7/c1-15-18(29(37)39-26-12-25-21(11-19(15)26)22(14-38-25)30(2,3)4)6-8-27(34)32-24(28(35)36)9-16-13-31-23-7-5-17(33)10-20(16)23/h5,7,10-14,24,31,33H,6,8-9H2,1-4H3,(H,32,34)(H,35,36). The van der Waals surface area contributed by atoms with E-state index in [-0.39, 0.29) is 30.4 Å². The summed E-state index contributed by atoms with van der Waals surface area (Å²) in [5, 5.41) is 24.5. The van der Waals surface area contributed by atoms with Gasteiger partial charge in [0.05, 0.1) is 6.26 Å². The number of benzene rings is 2. The summed E-state index contributed by atoms with van der Waals surface area (Å²) in [7, 11) is 0. The van der Waals surface area contributed by atoms with Gasteiger partial charge < -0.3 is 29.3 Å². The molecule has 5 aromatic rings.